The van der Waals surface area contributed by atoms with E-state index in [1.54, 1.807) is 0 Å². The molecule has 1 aliphatic rings. The highest BCUT2D eigenvalue weighted by molar-refractivity contribution is 5.94. The predicted molar refractivity (Wildman–Crippen MR) is 84.0 cm³/mol. The number of anilines is 1. The van der Waals surface area contributed by atoms with Gasteiger partial charge in [-0.15, -0.1) is 0 Å². The molecule has 112 valence electrons. The minimum absolute atomic E-state index is 0.0321. The Balaban J connectivity index is 2.10. The van der Waals surface area contributed by atoms with Gasteiger partial charge in [-0.1, -0.05) is 25.1 Å². The number of allylic oxidation sites excluding steroid dienone is 1. The van der Waals surface area contributed by atoms with Gasteiger partial charge in [-0.05, 0) is 43.9 Å². The molecule has 4 heteroatoms. The van der Waals surface area contributed by atoms with Crippen molar-refractivity contribution < 1.29 is 9.59 Å². The molecule has 1 heterocycles. The van der Waals surface area contributed by atoms with Gasteiger partial charge in [0.2, 0.25) is 11.8 Å². The summed E-state index contributed by atoms with van der Waals surface area (Å²) >= 11 is 0. The lowest BCUT2D eigenvalue weighted by molar-refractivity contribution is -0.118. The molecule has 2 N–H and O–H groups in total. The van der Waals surface area contributed by atoms with Crippen LogP contribution in [0.25, 0.3) is 0 Å². The Morgan fingerprint density at radius 2 is 2.19 bits per heavy atom. The lowest BCUT2D eigenvalue weighted by Crippen LogP contribution is -2.27. The van der Waals surface area contributed by atoms with Gasteiger partial charge in [0.15, 0.2) is 0 Å². The third-order valence-electron chi connectivity index (χ3n) is 3.74. The van der Waals surface area contributed by atoms with E-state index in [0.717, 1.165) is 35.2 Å². The minimum atomic E-state index is -0.0550. The van der Waals surface area contributed by atoms with Crippen molar-refractivity contribution >= 4 is 17.5 Å². The van der Waals surface area contributed by atoms with E-state index >= 15 is 0 Å². The van der Waals surface area contributed by atoms with Crippen LogP contribution in [0.15, 0.2) is 29.8 Å². The van der Waals surface area contributed by atoms with E-state index in [-0.39, 0.29) is 17.9 Å². The van der Waals surface area contributed by atoms with Crippen LogP contribution in [-0.4, -0.2) is 11.8 Å². The summed E-state index contributed by atoms with van der Waals surface area (Å²) in [6, 6.07) is 5.88. The fraction of sp³-hybridized carbons (Fsp3) is 0.412. The maximum absolute atomic E-state index is 12.0. The highest BCUT2D eigenvalue weighted by Crippen LogP contribution is 2.26. The van der Waals surface area contributed by atoms with Gasteiger partial charge in [-0.25, -0.2) is 0 Å². The van der Waals surface area contributed by atoms with Gasteiger partial charge in [-0.3, -0.25) is 9.59 Å². The molecule has 0 fully saturated rings. The molecule has 0 unspecified atom stereocenters. The molecule has 0 radical (unpaired) electrons. The summed E-state index contributed by atoms with van der Waals surface area (Å²) in [7, 11) is 0. The van der Waals surface area contributed by atoms with E-state index in [2.05, 4.69) is 16.7 Å². The number of aryl methyl sites for hydroxylation is 1. The van der Waals surface area contributed by atoms with Crippen LogP contribution in [0.5, 0.6) is 0 Å². The summed E-state index contributed by atoms with van der Waals surface area (Å²) in [5.74, 6) is 0.0345. The molecular formula is C17H22N2O2. The summed E-state index contributed by atoms with van der Waals surface area (Å²) in [4.78, 5) is 23.4. The van der Waals surface area contributed by atoms with E-state index in [1.165, 1.54) is 0 Å². The molecule has 0 spiro atoms. The quantitative estimate of drug-likeness (QED) is 0.836. The van der Waals surface area contributed by atoms with Gasteiger partial charge in [-0.2, -0.15) is 0 Å². The van der Waals surface area contributed by atoms with Crippen molar-refractivity contribution in [1.82, 2.24) is 5.32 Å². The van der Waals surface area contributed by atoms with Crippen molar-refractivity contribution in [2.75, 3.05) is 5.32 Å². The first-order chi connectivity index (χ1) is 10.0. The Bertz CT molecular complexity index is 590. The second-order valence-corrected chi connectivity index (χ2v) is 5.46. The molecule has 21 heavy (non-hydrogen) atoms. The largest absolute Gasteiger partial charge is 0.346 e. The Morgan fingerprint density at radius 1 is 1.43 bits per heavy atom. The molecule has 1 aliphatic heterocycles. The number of carbonyl (C=O) groups excluding carboxylic acids is 2. The number of hydrogen-bond donors (Lipinski definition) is 2. The number of rotatable bonds is 4. The van der Waals surface area contributed by atoms with Gasteiger partial charge in [0.25, 0.3) is 0 Å². The summed E-state index contributed by atoms with van der Waals surface area (Å²) in [5.41, 5.74) is 3.82. The van der Waals surface area contributed by atoms with Crippen molar-refractivity contribution in [3.63, 3.8) is 0 Å². The molecule has 2 rings (SSSR count). The van der Waals surface area contributed by atoms with Crippen molar-refractivity contribution in [3.8, 4) is 0 Å². The molecule has 1 atom stereocenters. The standard InChI is InChI=1S/C17H22N2O2/c1-4-5-11(2)17(21)18-12(3)13-6-8-15-14(10-13)7-9-16(20)19-15/h5-6,8,10,12H,4,7,9H2,1-3H3,(H,18,21)(H,19,20)/b11-5-/t12-/m0/s1. The average molecular weight is 286 g/mol. The van der Waals surface area contributed by atoms with Crippen molar-refractivity contribution in [3.05, 3.63) is 41.0 Å². The van der Waals surface area contributed by atoms with Gasteiger partial charge < -0.3 is 10.6 Å². The number of nitrogens with one attached hydrogen (secondary N) is 2. The molecule has 4 nitrogen and oxygen atoms in total. The fourth-order valence-electron chi connectivity index (χ4n) is 2.47. The molecule has 2 amide bonds. The first kappa shape index (κ1) is 15.3. The topological polar surface area (TPSA) is 58.2 Å². The van der Waals surface area contributed by atoms with Crippen molar-refractivity contribution in [1.29, 1.82) is 0 Å². The van der Waals surface area contributed by atoms with Crippen molar-refractivity contribution in [2.45, 2.75) is 46.1 Å². The lowest BCUT2D eigenvalue weighted by Gasteiger charge is -2.20. The van der Waals surface area contributed by atoms with E-state index in [9.17, 15) is 9.59 Å². The molecule has 0 aromatic heterocycles. The zero-order chi connectivity index (χ0) is 15.4. The van der Waals surface area contributed by atoms with Crippen LogP contribution in [0, 0.1) is 0 Å². The Morgan fingerprint density at radius 3 is 2.90 bits per heavy atom. The number of benzene rings is 1. The Labute approximate surface area is 125 Å². The summed E-state index contributed by atoms with van der Waals surface area (Å²) in [6.07, 6.45) is 4.05. The number of fused-ring (bicyclic) bond motifs is 1. The summed E-state index contributed by atoms with van der Waals surface area (Å²) in [6.45, 7) is 5.81. The Kier molecular flexibility index (Phi) is 4.78. The number of carbonyl (C=O) groups is 2. The zero-order valence-corrected chi connectivity index (χ0v) is 12.8. The average Bonchev–Trinajstić information content (AvgIpc) is 2.46. The van der Waals surface area contributed by atoms with Crippen LogP contribution in [-0.2, 0) is 16.0 Å². The van der Waals surface area contributed by atoms with Gasteiger partial charge in [0.05, 0.1) is 6.04 Å². The molecule has 0 bridgehead atoms. The molecule has 1 aromatic carbocycles. The fourth-order valence-corrected chi connectivity index (χ4v) is 2.47. The predicted octanol–water partition coefficient (Wildman–Crippen LogP) is 3.10. The smallest absolute Gasteiger partial charge is 0.247 e. The highest BCUT2D eigenvalue weighted by Gasteiger charge is 2.17. The first-order valence-electron chi connectivity index (χ1n) is 7.41. The van der Waals surface area contributed by atoms with Crippen LogP contribution in [0.2, 0.25) is 0 Å². The molecule has 1 aromatic rings. The van der Waals surface area contributed by atoms with Crippen molar-refractivity contribution in [2.24, 2.45) is 0 Å². The van der Waals surface area contributed by atoms with Gasteiger partial charge in [0, 0.05) is 17.7 Å². The Hall–Kier alpha value is -2.10. The van der Waals surface area contributed by atoms with Gasteiger partial charge in [0.1, 0.15) is 0 Å². The normalized spacial score (nSPS) is 16.0. The van der Waals surface area contributed by atoms with E-state index < -0.39 is 0 Å². The summed E-state index contributed by atoms with van der Waals surface area (Å²) < 4.78 is 0. The second-order valence-electron chi connectivity index (χ2n) is 5.46. The number of hydrogen-bond acceptors (Lipinski definition) is 2. The second kappa shape index (κ2) is 6.57. The summed E-state index contributed by atoms with van der Waals surface area (Å²) in [5, 5.41) is 5.87. The molecule has 0 aliphatic carbocycles. The molecular weight excluding hydrogens is 264 g/mol. The number of amides is 2. The van der Waals surface area contributed by atoms with Crippen LogP contribution < -0.4 is 10.6 Å². The molecule has 0 saturated carbocycles. The van der Waals surface area contributed by atoms with E-state index in [1.807, 2.05) is 39.0 Å². The minimum Gasteiger partial charge on any atom is -0.346 e. The van der Waals surface area contributed by atoms with Crippen LogP contribution in [0.1, 0.15) is 50.8 Å². The zero-order valence-electron chi connectivity index (χ0n) is 12.8. The highest BCUT2D eigenvalue weighted by atomic mass is 16.2. The first-order valence-corrected chi connectivity index (χ1v) is 7.41. The third-order valence-corrected chi connectivity index (χ3v) is 3.74. The van der Waals surface area contributed by atoms with Crippen LogP contribution in [0.3, 0.4) is 0 Å². The van der Waals surface area contributed by atoms with E-state index in [4.69, 9.17) is 0 Å². The maximum Gasteiger partial charge on any atom is 0.247 e. The van der Waals surface area contributed by atoms with Gasteiger partial charge >= 0.3 is 0 Å². The van der Waals surface area contributed by atoms with Crippen LogP contribution in [0.4, 0.5) is 5.69 Å². The van der Waals surface area contributed by atoms with E-state index in [0.29, 0.717) is 6.42 Å². The SMILES string of the molecule is CC/C=C(/C)C(=O)N[C@@H](C)c1ccc2c(c1)CCC(=O)N2. The monoisotopic (exact) mass is 286 g/mol. The van der Waals surface area contributed by atoms with Crippen LogP contribution >= 0.6 is 0 Å². The molecule has 0 saturated heterocycles. The third kappa shape index (κ3) is 3.72. The maximum atomic E-state index is 12.0. The lowest BCUT2D eigenvalue weighted by atomic mass is 9.97.